The van der Waals surface area contributed by atoms with Crippen molar-refractivity contribution in [1.82, 2.24) is 10.3 Å². The highest BCUT2D eigenvalue weighted by Gasteiger charge is 2.41. The van der Waals surface area contributed by atoms with Crippen molar-refractivity contribution in [2.45, 2.75) is 19.0 Å². The summed E-state index contributed by atoms with van der Waals surface area (Å²) in [6.07, 6.45) is 1.80. The Labute approximate surface area is 201 Å². The average molecular weight is 478 g/mol. The van der Waals surface area contributed by atoms with Gasteiger partial charge in [-0.1, -0.05) is 35.9 Å². The Morgan fingerprint density at radius 3 is 2.47 bits per heavy atom. The minimum Gasteiger partial charge on any atom is -0.457 e. The van der Waals surface area contributed by atoms with Gasteiger partial charge in [-0.25, -0.2) is 0 Å². The highest BCUT2D eigenvalue weighted by molar-refractivity contribution is 7.80. The predicted molar refractivity (Wildman–Crippen MR) is 135 cm³/mol. The van der Waals surface area contributed by atoms with E-state index in [9.17, 15) is 0 Å². The zero-order chi connectivity index (χ0) is 22.1. The van der Waals surface area contributed by atoms with Crippen LogP contribution in [0.5, 0.6) is 11.5 Å². The Balaban J connectivity index is 1.48. The van der Waals surface area contributed by atoms with Gasteiger partial charge in [0, 0.05) is 16.8 Å². The van der Waals surface area contributed by atoms with Crippen LogP contribution in [0.4, 0.5) is 5.69 Å². The molecule has 3 heterocycles. The molecule has 1 aliphatic heterocycles. The van der Waals surface area contributed by atoms with Crippen LogP contribution in [0.3, 0.4) is 0 Å². The number of halogens is 1. The lowest BCUT2D eigenvalue weighted by molar-refractivity contribution is 0.479. The molecule has 2 unspecified atom stereocenters. The van der Waals surface area contributed by atoms with Crippen LogP contribution in [-0.2, 0) is 0 Å². The second-order valence-electron chi connectivity index (χ2n) is 7.50. The van der Waals surface area contributed by atoms with Gasteiger partial charge in [0.15, 0.2) is 5.11 Å². The van der Waals surface area contributed by atoms with E-state index in [2.05, 4.69) is 21.3 Å². The molecule has 1 fully saturated rings. The van der Waals surface area contributed by atoms with Crippen LogP contribution in [0.2, 0.25) is 4.34 Å². The topological polar surface area (TPSA) is 37.4 Å². The molecule has 0 amide bonds. The first-order valence-electron chi connectivity index (χ1n) is 10.2. The van der Waals surface area contributed by atoms with Crippen molar-refractivity contribution in [2.24, 2.45) is 0 Å². The smallest absolute Gasteiger partial charge is 0.174 e. The fourth-order valence-electron chi connectivity index (χ4n) is 3.88. The van der Waals surface area contributed by atoms with Gasteiger partial charge in [0.1, 0.15) is 11.5 Å². The third-order valence-corrected chi connectivity index (χ3v) is 7.04. The van der Waals surface area contributed by atoms with E-state index in [1.807, 2.05) is 79.7 Å². The van der Waals surface area contributed by atoms with E-state index in [0.29, 0.717) is 5.11 Å². The number of aromatic nitrogens is 1. The minimum atomic E-state index is -0.0821. The maximum Gasteiger partial charge on any atom is 0.174 e. The molecule has 0 saturated carbocycles. The van der Waals surface area contributed by atoms with E-state index in [0.717, 1.165) is 37.7 Å². The normalized spacial score (nSPS) is 17.9. The van der Waals surface area contributed by atoms with Gasteiger partial charge in [0.2, 0.25) is 0 Å². The van der Waals surface area contributed by atoms with Crippen molar-refractivity contribution in [3.63, 3.8) is 0 Å². The molecule has 1 N–H and O–H groups in total. The first-order valence-corrected chi connectivity index (χ1v) is 11.8. The van der Waals surface area contributed by atoms with Crippen molar-refractivity contribution in [2.75, 3.05) is 4.90 Å². The lowest BCUT2D eigenvalue weighted by Crippen LogP contribution is -2.28. The van der Waals surface area contributed by atoms with Crippen LogP contribution >= 0.6 is 35.2 Å². The molecule has 1 saturated heterocycles. The molecule has 5 rings (SSSR count). The number of anilines is 1. The van der Waals surface area contributed by atoms with Crippen LogP contribution in [0, 0.1) is 6.92 Å². The quantitative estimate of drug-likeness (QED) is 0.311. The van der Waals surface area contributed by atoms with Gasteiger partial charge >= 0.3 is 0 Å². The molecule has 160 valence electrons. The number of thiocarbonyl (C=S) groups is 1. The number of hydrogen-bond acceptors (Lipinski definition) is 4. The zero-order valence-corrected chi connectivity index (χ0v) is 19.6. The summed E-state index contributed by atoms with van der Waals surface area (Å²) in [6, 6.07) is 25.8. The van der Waals surface area contributed by atoms with E-state index in [1.165, 1.54) is 0 Å². The van der Waals surface area contributed by atoms with E-state index >= 15 is 0 Å². The number of ether oxygens (including phenoxy) is 1. The molecule has 1 aliphatic rings. The standard InChI is InChI=1S/C25H20ClN3OS2/c1-16-6-2-3-8-20(16)30-18-11-9-17(10-12-18)29-24(21-13-14-22(26)32-21)23(28-25(29)31)19-7-4-5-15-27-19/h2-15,23-24H,1H3,(H,28,31). The Morgan fingerprint density at radius 1 is 1.00 bits per heavy atom. The number of thiophene rings is 1. The molecule has 4 nitrogen and oxygen atoms in total. The molecular formula is C25H20ClN3OS2. The van der Waals surface area contributed by atoms with Crippen molar-refractivity contribution < 1.29 is 4.74 Å². The van der Waals surface area contributed by atoms with Gasteiger partial charge in [-0.05, 0) is 79.3 Å². The lowest BCUT2D eigenvalue weighted by atomic mass is 10.0. The first kappa shape index (κ1) is 20.9. The number of benzene rings is 2. The van der Waals surface area contributed by atoms with Crippen LogP contribution in [0.15, 0.2) is 85.1 Å². The number of rotatable bonds is 5. The number of pyridine rings is 1. The summed E-state index contributed by atoms with van der Waals surface area (Å²) in [5.41, 5.74) is 3.01. The summed E-state index contributed by atoms with van der Waals surface area (Å²) in [6.45, 7) is 2.03. The molecule has 2 atom stereocenters. The molecule has 4 aromatic rings. The Hall–Kier alpha value is -2.93. The number of hydrogen-bond donors (Lipinski definition) is 1. The van der Waals surface area contributed by atoms with Crippen molar-refractivity contribution in [1.29, 1.82) is 0 Å². The van der Waals surface area contributed by atoms with Crippen molar-refractivity contribution in [3.05, 3.63) is 106 Å². The van der Waals surface area contributed by atoms with Gasteiger partial charge in [0.25, 0.3) is 0 Å². The van der Waals surface area contributed by atoms with Gasteiger partial charge in [-0.2, -0.15) is 0 Å². The summed E-state index contributed by atoms with van der Waals surface area (Å²) in [7, 11) is 0. The van der Waals surface area contributed by atoms with E-state index in [-0.39, 0.29) is 12.1 Å². The second-order valence-corrected chi connectivity index (χ2v) is 9.63. The fourth-order valence-corrected chi connectivity index (χ4v) is 5.42. The monoisotopic (exact) mass is 477 g/mol. The zero-order valence-electron chi connectivity index (χ0n) is 17.2. The third-order valence-electron chi connectivity index (χ3n) is 5.42. The summed E-state index contributed by atoms with van der Waals surface area (Å²) in [4.78, 5) is 7.83. The molecule has 0 spiro atoms. The SMILES string of the molecule is Cc1ccccc1Oc1ccc(N2C(=S)NC(c3ccccn3)C2c2ccc(Cl)s2)cc1. The third kappa shape index (κ3) is 4.09. The number of nitrogens with one attached hydrogen (secondary N) is 1. The summed E-state index contributed by atoms with van der Waals surface area (Å²) >= 11 is 13.6. The fraction of sp³-hybridized carbons (Fsp3) is 0.120. The Bertz CT molecular complexity index is 1240. The summed E-state index contributed by atoms with van der Waals surface area (Å²) in [5.74, 6) is 1.62. The minimum absolute atomic E-state index is 0.0574. The Morgan fingerprint density at radius 2 is 1.78 bits per heavy atom. The van der Waals surface area contributed by atoms with E-state index in [1.54, 1.807) is 17.5 Å². The highest BCUT2D eigenvalue weighted by Crippen LogP contribution is 2.44. The molecule has 2 aromatic heterocycles. The summed E-state index contributed by atoms with van der Waals surface area (Å²) in [5, 5.41) is 4.12. The maximum absolute atomic E-state index is 6.29. The second kappa shape index (κ2) is 8.90. The first-order chi connectivity index (χ1) is 15.6. The lowest BCUT2D eigenvalue weighted by Gasteiger charge is -2.27. The van der Waals surface area contributed by atoms with Crippen LogP contribution < -0.4 is 15.0 Å². The molecular weight excluding hydrogens is 458 g/mol. The molecule has 0 aliphatic carbocycles. The summed E-state index contributed by atoms with van der Waals surface area (Å²) < 4.78 is 6.82. The Kier molecular flexibility index (Phi) is 5.83. The van der Waals surface area contributed by atoms with Crippen molar-refractivity contribution in [3.8, 4) is 11.5 Å². The molecule has 0 bridgehead atoms. The molecule has 0 radical (unpaired) electrons. The largest absolute Gasteiger partial charge is 0.457 e. The average Bonchev–Trinajstić information content (AvgIpc) is 3.39. The maximum atomic E-state index is 6.29. The van der Waals surface area contributed by atoms with E-state index < -0.39 is 0 Å². The van der Waals surface area contributed by atoms with Crippen LogP contribution in [0.1, 0.15) is 28.2 Å². The van der Waals surface area contributed by atoms with Crippen LogP contribution in [-0.4, -0.2) is 10.1 Å². The van der Waals surface area contributed by atoms with Gasteiger partial charge < -0.3 is 15.0 Å². The van der Waals surface area contributed by atoms with Gasteiger partial charge in [-0.15, -0.1) is 11.3 Å². The predicted octanol–water partition coefficient (Wildman–Crippen LogP) is 7.07. The van der Waals surface area contributed by atoms with Crippen LogP contribution in [0.25, 0.3) is 0 Å². The van der Waals surface area contributed by atoms with E-state index in [4.69, 9.17) is 28.6 Å². The molecule has 2 aromatic carbocycles. The van der Waals surface area contributed by atoms with Gasteiger partial charge in [0.05, 0.1) is 22.1 Å². The highest BCUT2D eigenvalue weighted by atomic mass is 35.5. The van der Waals surface area contributed by atoms with Gasteiger partial charge in [-0.3, -0.25) is 4.98 Å². The number of nitrogens with zero attached hydrogens (tertiary/aromatic N) is 2. The number of para-hydroxylation sites is 1. The molecule has 7 heteroatoms. The molecule has 32 heavy (non-hydrogen) atoms. The number of aryl methyl sites for hydroxylation is 1. The van der Waals surface area contributed by atoms with Crippen molar-refractivity contribution >= 4 is 46.0 Å².